The van der Waals surface area contributed by atoms with E-state index in [0.717, 1.165) is 32.1 Å². The molecule has 2 aromatic rings. The van der Waals surface area contributed by atoms with E-state index in [1.165, 1.54) is 11.8 Å². The lowest BCUT2D eigenvalue weighted by molar-refractivity contribution is 0.431. The van der Waals surface area contributed by atoms with Gasteiger partial charge < -0.3 is 10.2 Å². The molecule has 17 heavy (non-hydrogen) atoms. The van der Waals surface area contributed by atoms with Crippen LogP contribution in [0.25, 0.3) is 0 Å². The molecule has 1 aromatic carbocycles. The van der Waals surface area contributed by atoms with Gasteiger partial charge in [0.2, 0.25) is 0 Å². The van der Waals surface area contributed by atoms with Crippen LogP contribution in [0.5, 0.6) is 0 Å². The average Bonchev–Trinajstić information content (AvgIpc) is 2.55. The molecular formula is C12H13BrN2OS. The molecule has 0 saturated carbocycles. The standard InChI is InChI=1S/C12H13BrN2OS/c1-6-4-11(9(13)5-10(6)14)17-12-15-7(2)8(3)16-12/h4-5H,14H2,1-3H3. The average molecular weight is 313 g/mol. The first kappa shape index (κ1) is 12.5. The Morgan fingerprint density at radius 2 is 2.00 bits per heavy atom. The molecular weight excluding hydrogens is 300 g/mol. The number of hydrogen-bond donors (Lipinski definition) is 1. The quantitative estimate of drug-likeness (QED) is 0.848. The highest BCUT2D eigenvalue weighted by molar-refractivity contribution is 9.10. The predicted octanol–water partition coefficient (Wildman–Crippen LogP) is 4.10. The molecule has 0 aliphatic carbocycles. The molecule has 0 unspecified atom stereocenters. The van der Waals surface area contributed by atoms with Crippen LogP contribution in [0.3, 0.4) is 0 Å². The van der Waals surface area contributed by atoms with Gasteiger partial charge in [0.25, 0.3) is 5.22 Å². The Balaban J connectivity index is 2.33. The molecule has 0 aliphatic rings. The lowest BCUT2D eigenvalue weighted by Gasteiger charge is -2.05. The van der Waals surface area contributed by atoms with Crippen LogP contribution in [0, 0.1) is 20.8 Å². The van der Waals surface area contributed by atoms with Crippen molar-refractivity contribution in [2.75, 3.05) is 5.73 Å². The number of anilines is 1. The number of nitrogen functional groups attached to an aromatic ring is 1. The molecule has 2 rings (SSSR count). The molecule has 0 spiro atoms. The highest BCUT2D eigenvalue weighted by Gasteiger charge is 2.11. The largest absolute Gasteiger partial charge is 0.436 e. The Bertz CT molecular complexity index is 546. The normalized spacial score (nSPS) is 10.8. The molecule has 5 heteroatoms. The van der Waals surface area contributed by atoms with Crippen LogP contribution >= 0.6 is 27.7 Å². The molecule has 2 N–H and O–H groups in total. The second-order valence-electron chi connectivity index (χ2n) is 3.86. The summed E-state index contributed by atoms with van der Waals surface area (Å²) < 4.78 is 6.50. The highest BCUT2D eigenvalue weighted by Crippen LogP contribution is 2.36. The first-order valence-corrected chi connectivity index (χ1v) is 6.76. The number of nitrogens with two attached hydrogens (primary N) is 1. The number of hydrogen-bond acceptors (Lipinski definition) is 4. The molecule has 0 radical (unpaired) electrons. The Kier molecular flexibility index (Phi) is 3.49. The van der Waals surface area contributed by atoms with Crippen molar-refractivity contribution >= 4 is 33.4 Å². The summed E-state index contributed by atoms with van der Waals surface area (Å²) in [5.41, 5.74) is 8.59. The summed E-state index contributed by atoms with van der Waals surface area (Å²) in [6.07, 6.45) is 0. The Morgan fingerprint density at radius 1 is 1.29 bits per heavy atom. The van der Waals surface area contributed by atoms with Crippen LogP contribution < -0.4 is 5.73 Å². The van der Waals surface area contributed by atoms with Crippen molar-refractivity contribution in [2.45, 2.75) is 30.9 Å². The van der Waals surface area contributed by atoms with Crippen molar-refractivity contribution in [3.63, 3.8) is 0 Å². The summed E-state index contributed by atoms with van der Waals surface area (Å²) in [6, 6.07) is 3.93. The van der Waals surface area contributed by atoms with E-state index in [1.807, 2.05) is 32.9 Å². The number of aryl methyl sites for hydroxylation is 3. The minimum absolute atomic E-state index is 0.657. The monoisotopic (exact) mass is 312 g/mol. The fourth-order valence-corrected chi connectivity index (χ4v) is 2.86. The van der Waals surface area contributed by atoms with E-state index in [1.54, 1.807) is 0 Å². The van der Waals surface area contributed by atoms with E-state index in [0.29, 0.717) is 5.22 Å². The third-order valence-corrected chi connectivity index (χ3v) is 4.35. The van der Waals surface area contributed by atoms with Gasteiger partial charge in [-0.25, -0.2) is 4.98 Å². The van der Waals surface area contributed by atoms with Crippen LogP contribution in [-0.4, -0.2) is 4.98 Å². The number of benzene rings is 1. The van der Waals surface area contributed by atoms with Crippen molar-refractivity contribution in [3.05, 3.63) is 33.6 Å². The summed E-state index contributed by atoms with van der Waals surface area (Å²) in [5, 5.41) is 0.657. The van der Waals surface area contributed by atoms with Crippen molar-refractivity contribution in [1.82, 2.24) is 4.98 Å². The van der Waals surface area contributed by atoms with Crippen molar-refractivity contribution < 1.29 is 4.42 Å². The van der Waals surface area contributed by atoms with Gasteiger partial charge in [-0.2, -0.15) is 0 Å². The Morgan fingerprint density at radius 3 is 2.59 bits per heavy atom. The van der Waals surface area contributed by atoms with Crippen LogP contribution in [0.15, 0.2) is 31.1 Å². The van der Waals surface area contributed by atoms with E-state index >= 15 is 0 Å². The second-order valence-corrected chi connectivity index (χ2v) is 5.71. The lowest BCUT2D eigenvalue weighted by Crippen LogP contribution is -1.90. The van der Waals surface area contributed by atoms with Gasteiger partial charge in [-0.1, -0.05) is 0 Å². The van der Waals surface area contributed by atoms with Crippen LogP contribution in [-0.2, 0) is 0 Å². The summed E-state index contributed by atoms with van der Waals surface area (Å²) in [7, 11) is 0. The van der Waals surface area contributed by atoms with Crippen molar-refractivity contribution in [2.24, 2.45) is 0 Å². The molecule has 0 saturated heterocycles. The van der Waals surface area contributed by atoms with Gasteiger partial charge in [0.1, 0.15) is 5.76 Å². The van der Waals surface area contributed by atoms with Gasteiger partial charge in [-0.15, -0.1) is 0 Å². The third-order valence-electron chi connectivity index (χ3n) is 2.53. The molecule has 0 bridgehead atoms. The maximum atomic E-state index is 5.83. The number of nitrogens with zero attached hydrogens (tertiary/aromatic N) is 1. The minimum atomic E-state index is 0.657. The topological polar surface area (TPSA) is 52.0 Å². The Hall–Kier alpha value is -0.940. The van der Waals surface area contributed by atoms with Gasteiger partial charge in [-0.05, 0) is 66.2 Å². The first-order chi connectivity index (χ1) is 7.97. The van der Waals surface area contributed by atoms with Gasteiger partial charge in [0, 0.05) is 15.1 Å². The van der Waals surface area contributed by atoms with Gasteiger partial charge in [0.05, 0.1) is 5.69 Å². The van der Waals surface area contributed by atoms with Crippen molar-refractivity contribution in [3.8, 4) is 0 Å². The molecule has 1 aromatic heterocycles. The van der Waals surface area contributed by atoms with Gasteiger partial charge in [-0.3, -0.25) is 0 Å². The minimum Gasteiger partial charge on any atom is -0.436 e. The number of rotatable bonds is 2. The fourth-order valence-electron chi connectivity index (χ4n) is 1.33. The number of oxazole rings is 1. The summed E-state index contributed by atoms with van der Waals surface area (Å²) in [6.45, 7) is 5.83. The SMILES string of the molecule is Cc1cc(Sc2nc(C)c(C)o2)c(Br)cc1N. The Labute approximate surface area is 113 Å². The summed E-state index contributed by atoms with van der Waals surface area (Å²) in [5.74, 6) is 0.857. The second kappa shape index (κ2) is 4.74. The predicted molar refractivity (Wildman–Crippen MR) is 73.4 cm³/mol. The van der Waals surface area contributed by atoms with Crippen LogP contribution in [0.1, 0.15) is 17.0 Å². The number of halogens is 1. The van der Waals surface area contributed by atoms with E-state index in [4.69, 9.17) is 10.2 Å². The zero-order valence-electron chi connectivity index (χ0n) is 9.87. The number of aromatic nitrogens is 1. The fraction of sp³-hybridized carbons (Fsp3) is 0.250. The van der Waals surface area contributed by atoms with E-state index in [-0.39, 0.29) is 0 Å². The van der Waals surface area contributed by atoms with E-state index in [9.17, 15) is 0 Å². The van der Waals surface area contributed by atoms with E-state index < -0.39 is 0 Å². The highest BCUT2D eigenvalue weighted by atomic mass is 79.9. The maximum Gasteiger partial charge on any atom is 0.261 e. The molecule has 1 heterocycles. The lowest BCUT2D eigenvalue weighted by atomic mass is 10.2. The van der Waals surface area contributed by atoms with Crippen LogP contribution in [0.2, 0.25) is 0 Å². The maximum absolute atomic E-state index is 5.83. The molecule has 0 atom stereocenters. The zero-order chi connectivity index (χ0) is 12.6. The first-order valence-electron chi connectivity index (χ1n) is 5.15. The van der Waals surface area contributed by atoms with Gasteiger partial charge >= 0.3 is 0 Å². The van der Waals surface area contributed by atoms with Crippen LogP contribution in [0.4, 0.5) is 5.69 Å². The summed E-state index contributed by atoms with van der Waals surface area (Å²) >= 11 is 4.99. The van der Waals surface area contributed by atoms with E-state index in [2.05, 4.69) is 20.9 Å². The molecule has 0 fully saturated rings. The molecule has 3 nitrogen and oxygen atoms in total. The molecule has 90 valence electrons. The zero-order valence-corrected chi connectivity index (χ0v) is 12.3. The molecule has 0 aliphatic heterocycles. The van der Waals surface area contributed by atoms with Crippen molar-refractivity contribution in [1.29, 1.82) is 0 Å². The summed E-state index contributed by atoms with van der Waals surface area (Å²) in [4.78, 5) is 5.40. The van der Waals surface area contributed by atoms with Gasteiger partial charge in [0.15, 0.2) is 0 Å². The molecule has 0 amide bonds. The smallest absolute Gasteiger partial charge is 0.261 e. The third kappa shape index (κ3) is 2.66.